The largest absolute Gasteiger partial charge is 0.341 e. The van der Waals surface area contributed by atoms with Crippen molar-refractivity contribution in [2.75, 3.05) is 19.3 Å². The van der Waals surface area contributed by atoms with Crippen LogP contribution in [-0.2, 0) is 14.8 Å². The molecule has 1 aliphatic heterocycles. The Bertz CT molecular complexity index is 340. The molecule has 0 radical (unpaired) electrons. The van der Waals surface area contributed by atoms with Gasteiger partial charge in [0.05, 0.1) is 6.26 Å². The Labute approximate surface area is 97.2 Å². The molecule has 6 heteroatoms. The maximum Gasteiger partial charge on any atom is 0.222 e. The Morgan fingerprint density at radius 2 is 2.19 bits per heavy atom. The highest BCUT2D eigenvalue weighted by atomic mass is 32.2. The van der Waals surface area contributed by atoms with Gasteiger partial charge in [-0.2, -0.15) is 0 Å². The van der Waals surface area contributed by atoms with Crippen LogP contribution in [0, 0.1) is 0 Å². The van der Waals surface area contributed by atoms with Crippen LogP contribution in [0.25, 0.3) is 0 Å². The van der Waals surface area contributed by atoms with Crippen LogP contribution in [0.2, 0.25) is 0 Å². The summed E-state index contributed by atoms with van der Waals surface area (Å²) in [5.41, 5.74) is 0. The van der Waals surface area contributed by atoms with Crippen molar-refractivity contribution >= 4 is 15.9 Å². The molecule has 16 heavy (non-hydrogen) atoms. The first-order valence-corrected chi connectivity index (χ1v) is 7.56. The van der Waals surface area contributed by atoms with Gasteiger partial charge in [0.2, 0.25) is 15.9 Å². The Morgan fingerprint density at radius 1 is 1.50 bits per heavy atom. The van der Waals surface area contributed by atoms with E-state index >= 15 is 0 Å². The lowest BCUT2D eigenvalue weighted by atomic mass is 10.1. The number of carbonyl (C=O) groups is 1. The summed E-state index contributed by atoms with van der Waals surface area (Å²) in [4.78, 5) is 13.4. The van der Waals surface area contributed by atoms with Crippen molar-refractivity contribution in [3.05, 3.63) is 0 Å². The molecule has 1 fully saturated rings. The molecule has 1 atom stereocenters. The van der Waals surface area contributed by atoms with E-state index in [9.17, 15) is 13.2 Å². The first-order chi connectivity index (χ1) is 7.42. The molecule has 1 N–H and O–H groups in total. The quantitative estimate of drug-likeness (QED) is 0.779. The van der Waals surface area contributed by atoms with Crippen LogP contribution >= 0.6 is 0 Å². The molecule has 5 nitrogen and oxygen atoms in total. The number of likely N-dealkylation sites (tertiary alicyclic amines) is 1. The number of carbonyl (C=O) groups excluding carboxylic acids is 1. The van der Waals surface area contributed by atoms with Crippen LogP contribution in [0.4, 0.5) is 0 Å². The smallest absolute Gasteiger partial charge is 0.222 e. The first kappa shape index (κ1) is 13.4. The Balaban J connectivity index is 2.50. The predicted molar refractivity (Wildman–Crippen MR) is 62.5 cm³/mol. The van der Waals surface area contributed by atoms with Gasteiger partial charge in [0.25, 0.3) is 0 Å². The fourth-order valence-electron chi connectivity index (χ4n) is 1.97. The SMILES string of the molecule is CCCC(=O)N1CCCC(NS(C)(=O)=O)C1. The summed E-state index contributed by atoms with van der Waals surface area (Å²) in [6, 6.07) is -0.121. The lowest BCUT2D eigenvalue weighted by Crippen LogP contribution is -2.49. The van der Waals surface area contributed by atoms with E-state index < -0.39 is 10.0 Å². The molecule has 1 unspecified atom stereocenters. The second kappa shape index (κ2) is 5.63. The van der Waals surface area contributed by atoms with Crippen LogP contribution in [0.3, 0.4) is 0 Å². The molecule has 0 aromatic carbocycles. The van der Waals surface area contributed by atoms with Gasteiger partial charge in [0.1, 0.15) is 0 Å². The summed E-state index contributed by atoms with van der Waals surface area (Å²) in [5.74, 6) is 0.127. The highest BCUT2D eigenvalue weighted by molar-refractivity contribution is 7.88. The molecular formula is C10H20N2O3S. The highest BCUT2D eigenvalue weighted by Crippen LogP contribution is 2.12. The molecule has 1 rings (SSSR count). The number of nitrogens with one attached hydrogen (secondary N) is 1. The third-order valence-electron chi connectivity index (χ3n) is 2.62. The van der Waals surface area contributed by atoms with Gasteiger partial charge in [0.15, 0.2) is 0 Å². The van der Waals surface area contributed by atoms with E-state index in [0.29, 0.717) is 13.0 Å². The molecule has 0 aromatic heterocycles. The normalized spacial score (nSPS) is 22.1. The highest BCUT2D eigenvalue weighted by Gasteiger charge is 2.24. The maximum atomic E-state index is 11.7. The summed E-state index contributed by atoms with van der Waals surface area (Å²) >= 11 is 0. The molecule has 0 saturated carbocycles. The molecule has 1 amide bonds. The maximum absolute atomic E-state index is 11.7. The topological polar surface area (TPSA) is 66.5 Å². The molecule has 0 spiro atoms. The zero-order valence-corrected chi connectivity index (χ0v) is 10.7. The molecule has 1 saturated heterocycles. The van der Waals surface area contributed by atoms with Crippen molar-refractivity contribution < 1.29 is 13.2 Å². The van der Waals surface area contributed by atoms with E-state index in [4.69, 9.17) is 0 Å². The van der Waals surface area contributed by atoms with E-state index in [1.165, 1.54) is 0 Å². The minimum absolute atomic E-state index is 0.121. The Kier molecular flexibility index (Phi) is 4.73. The molecule has 1 aliphatic rings. The first-order valence-electron chi connectivity index (χ1n) is 5.67. The van der Waals surface area contributed by atoms with Gasteiger partial charge in [-0.05, 0) is 19.3 Å². The van der Waals surface area contributed by atoms with Crippen LogP contribution in [0.15, 0.2) is 0 Å². The molecular weight excluding hydrogens is 228 g/mol. The van der Waals surface area contributed by atoms with Crippen molar-refractivity contribution in [2.24, 2.45) is 0 Å². The van der Waals surface area contributed by atoms with Crippen molar-refractivity contribution in [1.82, 2.24) is 9.62 Å². The van der Waals surface area contributed by atoms with Gasteiger partial charge >= 0.3 is 0 Å². The Hall–Kier alpha value is -0.620. The minimum atomic E-state index is -3.17. The number of nitrogens with zero attached hydrogens (tertiary/aromatic N) is 1. The molecule has 1 heterocycles. The second-order valence-corrected chi connectivity index (χ2v) is 6.10. The van der Waals surface area contributed by atoms with Gasteiger partial charge in [0, 0.05) is 25.6 Å². The number of hydrogen-bond donors (Lipinski definition) is 1. The fourth-order valence-corrected chi connectivity index (χ4v) is 2.77. The summed E-state index contributed by atoms with van der Waals surface area (Å²) < 4.78 is 24.7. The second-order valence-electron chi connectivity index (χ2n) is 4.32. The van der Waals surface area contributed by atoms with Gasteiger partial charge < -0.3 is 4.90 Å². The van der Waals surface area contributed by atoms with Gasteiger partial charge in [-0.25, -0.2) is 13.1 Å². The third-order valence-corrected chi connectivity index (χ3v) is 3.38. The Morgan fingerprint density at radius 3 is 2.75 bits per heavy atom. The standard InChI is InChI=1S/C10H20N2O3S/c1-3-5-10(13)12-7-4-6-9(8-12)11-16(2,14)15/h9,11H,3-8H2,1-2H3. The van der Waals surface area contributed by atoms with Gasteiger partial charge in [-0.3, -0.25) is 4.79 Å². The zero-order chi connectivity index (χ0) is 12.2. The average molecular weight is 248 g/mol. The summed E-state index contributed by atoms with van der Waals surface area (Å²) in [6.45, 7) is 3.22. The van der Waals surface area contributed by atoms with Gasteiger partial charge in [-0.1, -0.05) is 6.92 Å². The number of sulfonamides is 1. The average Bonchev–Trinajstić information content (AvgIpc) is 2.16. The predicted octanol–water partition coefficient (Wildman–Crippen LogP) is 0.327. The van der Waals surface area contributed by atoms with Crippen LogP contribution in [0.5, 0.6) is 0 Å². The molecule has 94 valence electrons. The molecule has 0 aliphatic carbocycles. The molecule has 0 aromatic rings. The van der Waals surface area contributed by atoms with Crippen LogP contribution < -0.4 is 4.72 Å². The summed E-state index contributed by atoms with van der Waals surface area (Å²) in [7, 11) is -3.17. The van der Waals surface area contributed by atoms with Crippen molar-refractivity contribution in [3.63, 3.8) is 0 Å². The number of hydrogen-bond acceptors (Lipinski definition) is 3. The van der Waals surface area contributed by atoms with Crippen LogP contribution in [-0.4, -0.2) is 44.6 Å². The van der Waals surface area contributed by atoms with Crippen LogP contribution in [0.1, 0.15) is 32.6 Å². The number of piperidine rings is 1. The lowest BCUT2D eigenvalue weighted by molar-refractivity contribution is -0.132. The molecule has 0 bridgehead atoms. The summed E-state index contributed by atoms with van der Waals surface area (Å²) in [6.07, 6.45) is 4.20. The van der Waals surface area contributed by atoms with E-state index in [-0.39, 0.29) is 11.9 Å². The number of amides is 1. The van der Waals surface area contributed by atoms with Gasteiger partial charge in [-0.15, -0.1) is 0 Å². The fraction of sp³-hybridized carbons (Fsp3) is 0.900. The monoisotopic (exact) mass is 248 g/mol. The van der Waals surface area contributed by atoms with Crippen molar-refractivity contribution in [3.8, 4) is 0 Å². The van der Waals surface area contributed by atoms with Crippen molar-refractivity contribution in [2.45, 2.75) is 38.6 Å². The van der Waals surface area contributed by atoms with E-state index in [0.717, 1.165) is 32.1 Å². The van der Waals surface area contributed by atoms with E-state index in [1.807, 2.05) is 6.92 Å². The van der Waals surface area contributed by atoms with Crippen molar-refractivity contribution in [1.29, 1.82) is 0 Å². The minimum Gasteiger partial charge on any atom is -0.341 e. The zero-order valence-electron chi connectivity index (χ0n) is 9.90. The number of rotatable bonds is 4. The van der Waals surface area contributed by atoms with E-state index in [2.05, 4.69) is 4.72 Å². The summed E-state index contributed by atoms with van der Waals surface area (Å²) in [5, 5.41) is 0. The van der Waals surface area contributed by atoms with E-state index in [1.54, 1.807) is 4.90 Å². The third kappa shape index (κ3) is 4.49. The lowest BCUT2D eigenvalue weighted by Gasteiger charge is -2.32.